The summed E-state index contributed by atoms with van der Waals surface area (Å²) < 4.78 is 46.7. The molecule has 0 atom stereocenters. The van der Waals surface area contributed by atoms with E-state index in [2.05, 4.69) is 5.16 Å². The largest absolute Gasteiger partial charge is 0.479 e. The lowest BCUT2D eigenvalue weighted by molar-refractivity contribution is -0.137. The van der Waals surface area contributed by atoms with Crippen LogP contribution in [0.3, 0.4) is 0 Å². The molecule has 0 aliphatic heterocycles. The van der Waals surface area contributed by atoms with E-state index in [9.17, 15) is 13.2 Å². The third-order valence-corrected chi connectivity index (χ3v) is 2.19. The Bertz CT molecular complexity index is 502. The number of ether oxygens (including phenoxy) is 1. The van der Waals surface area contributed by atoms with E-state index in [-0.39, 0.29) is 5.88 Å². The van der Waals surface area contributed by atoms with Gasteiger partial charge in [0, 0.05) is 11.6 Å². The van der Waals surface area contributed by atoms with Crippen LogP contribution < -0.4 is 4.74 Å². The van der Waals surface area contributed by atoms with Gasteiger partial charge in [0.25, 0.3) is 5.88 Å². The maximum Gasteiger partial charge on any atom is 0.416 e. The summed E-state index contributed by atoms with van der Waals surface area (Å²) >= 11 is 0. The van der Waals surface area contributed by atoms with Crippen LogP contribution in [0.5, 0.6) is 5.88 Å². The molecule has 0 saturated heterocycles. The highest BCUT2D eigenvalue weighted by Gasteiger charge is 2.30. The molecular formula is C11H8F3NO2. The Hall–Kier alpha value is -1.98. The molecular weight excluding hydrogens is 235 g/mol. The van der Waals surface area contributed by atoms with Gasteiger partial charge in [0.1, 0.15) is 0 Å². The molecule has 0 unspecified atom stereocenters. The lowest BCUT2D eigenvalue weighted by Crippen LogP contribution is -2.03. The van der Waals surface area contributed by atoms with Crippen molar-refractivity contribution in [2.75, 3.05) is 7.11 Å². The molecule has 0 bridgehead atoms. The fraction of sp³-hybridized carbons (Fsp3) is 0.182. The summed E-state index contributed by atoms with van der Waals surface area (Å²) in [4.78, 5) is 0. The van der Waals surface area contributed by atoms with Gasteiger partial charge in [-0.25, -0.2) is 0 Å². The maximum absolute atomic E-state index is 12.3. The molecule has 0 radical (unpaired) electrons. The van der Waals surface area contributed by atoms with Gasteiger partial charge in [0.15, 0.2) is 5.76 Å². The number of hydrogen-bond donors (Lipinski definition) is 0. The van der Waals surface area contributed by atoms with Gasteiger partial charge in [-0.15, -0.1) is 0 Å². The van der Waals surface area contributed by atoms with Crippen LogP contribution >= 0.6 is 0 Å². The van der Waals surface area contributed by atoms with Crippen molar-refractivity contribution in [2.45, 2.75) is 6.18 Å². The predicted octanol–water partition coefficient (Wildman–Crippen LogP) is 3.37. The fourth-order valence-electron chi connectivity index (χ4n) is 1.31. The monoisotopic (exact) mass is 243 g/mol. The van der Waals surface area contributed by atoms with Gasteiger partial charge in [-0.2, -0.15) is 13.2 Å². The average molecular weight is 243 g/mol. The minimum absolute atomic E-state index is 0.278. The topological polar surface area (TPSA) is 35.3 Å². The third kappa shape index (κ3) is 2.41. The second-order valence-electron chi connectivity index (χ2n) is 3.31. The first-order valence-corrected chi connectivity index (χ1v) is 4.69. The standard InChI is InChI=1S/C11H8F3NO2/c1-16-10-6-9(17-15-10)7-2-4-8(5-3-7)11(12,13)14/h2-6H,1H3. The second kappa shape index (κ2) is 4.12. The predicted molar refractivity (Wildman–Crippen MR) is 53.5 cm³/mol. The average Bonchev–Trinajstić information content (AvgIpc) is 2.76. The summed E-state index contributed by atoms with van der Waals surface area (Å²) in [5.74, 6) is 0.635. The molecule has 2 aromatic rings. The number of hydrogen-bond acceptors (Lipinski definition) is 3. The smallest absolute Gasteiger partial charge is 0.416 e. The Morgan fingerprint density at radius 2 is 1.82 bits per heavy atom. The minimum Gasteiger partial charge on any atom is -0.479 e. The first kappa shape index (κ1) is 11.5. The Morgan fingerprint density at radius 3 is 2.29 bits per heavy atom. The number of halogens is 3. The van der Waals surface area contributed by atoms with Crippen molar-refractivity contribution in [1.82, 2.24) is 5.16 Å². The highest BCUT2D eigenvalue weighted by atomic mass is 19.4. The van der Waals surface area contributed by atoms with E-state index in [1.165, 1.54) is 25.3 Å². The molecule has 3 nitrogen and oxygen atoms in total. The number of rotatable bonds is 2. The number of nitrogens with zero attached hydrogens (tertiary/aromatic N) is 1. The molecule has 2 rings (SSSR count). The van der Waals surface area contributed by atoms with Gasteiger partial charge in [-0.1, -0.05) is 12.1 Å². The van der Waals surface area contributed by atoms with Crippen LogP contribution in [0, 0.1) is 0 Å². The summed E-state index contributed by atoms with van der Waals surface area (Å²) in [5.41, 5.74) is -0.193. The van der Waals surface area contributed by atoms with Crippen LogP contribution in [0.4, 0.5) is 13.2 Å². The zero-order chi connectivity index (χ0) is 12.5. The van der Waals surface area contributed by atoms with E-state index in [1.54, 1.807) is 0 Å². The van der Waals surface area contributed by atoms with Crippen LogP contribution in [-0.2, 0) is 6.18 Å². The van der Waals surface area contributed by atoms with Crippen molar-refractivity contribution in [2.24, 2.45) is 0 Å². The molecule has 0 amide bonds. The Kier molecular flexibility index (Phi) is 2.79. The van der Waals surface area contributed by atoms with E-state index in [1.807, 2.05) is 0 Å². The molecule has 0 aliphatic rings. The molecule has 0 saturated carbocycles. The molecule has 0 spiro atoms. The highest BCUT2D eigenvalue weighted by molar-refractivity contribution is 5.58. The van der Waals surface area contributed by atoms with Crippen LogP contribution in [0.25, 0.3) is 11.3 Å². The van der Waals surface area contributed by atoms with E-state index < -0.39 is 11.7 Å². The van der Waals surface area contributed by atoms with Crippen LogP contribution in [0.1, 0.15) is 5.56 Å². The van der Waals surface area contributed by atoms with Crippen molar-refractivity contribution in [1.29, 1.82) is 0 Å². The minimum atomic E-state index is -4.34. The quantitative estimate of drug-likeness (QED) is 0.811. The van der Waals surface area contributed by atoms with Crippen molar-refractivity contribution < 1.29 is 22.4 Å². The van der Waals surface area contributed by atoms with Crippen molar-refractivity contribution in [3.8, 4) is 17.2 Å². The molecule has 1 heterocycles. The number of alkyl halides is 3. The van der Waals surface area contributed by atoms with Gasteiger partial charge in [-0.05, 0) is 17.3 Å². The summed E-state index contributed by atoms with van der Waals surface area (Å²) in [6, 6.07) is 6.13. The third-order valence-electron chi connectivity index (χ3n) is 2.19. The first-order valence-electron chi connectivity index (χ1n) is 4.69. The van der Waals surface area contributed by atoms with Gasteiger partial charge in [0.2, 0.25) is 0 Å². The van der Waals surface area contributed by atoms with Gasteiger partial charge < -0.3 is 9.26 Å². The molecule has 1 aromatic carbocycles. The SMILES string of the molecule is COc1cc(-c2ccc(C(F)(F)F)cc2)on1. The molecule has 90 valence electrons. The van der Waals surface area contributed by atoms with E-state index in [4.69, 9.17) is 9.26 Å². The van der Waals surface area contributed by atoms with Crippen molar-refractivity contribution in [3.63, 3.8) is 0 Å². The van der Waals surface area contributed by atoms with Gasteiger partial charge in [-0.3, -0.25) is 0 Å². The number of benzene rings is 1. The molecule has 0 fully saturated rings. The lowest BCUT2D eigenvalue weighted by atomic mass is 10.1. The van der Waals surface area contributed by atoms with Gasteiger partial charge in [0.05, 0.1) is 12.7 Å². The van der Waals surface area contributed by atoms with Crippen molar-refractivity contribution in [3.05, 3.63) is 35.9 Å². The summed E-state index contributed by atoms with van der Waals surface area (Å²) in [6.07, 6.45) is -4.34. The summed E-state index contributed by atoms with van der Waals surface area (Å²) in [5, 5.41) is 3.56. The first-order chi connectivity index (χ1) is 8.00. The molecule has 1 aromatic heterocycles. The molecule has 17 heavy (non-hydrogen) atoms. The number of aromatic nitrogens is 1. The second-order valence-corrected chi connectivity index (χ2v) is 3.31. The van der Waals surface area contributed by atoms with E-state index >= 15 is 0 Å². The molecule has 0 aliphatic carbocycles. The summed E-state index contributed by atoms with van der Waals surface area (Å²) in [7, 11) is 1.42. The zero-order valence-electron chi connectivity index (χ0n) is 8.78. The van der Waals surface area contributed by atoms with Crippen LogP contribution in [0.15, 0.2) is 34.9 Å². The normalized spacial score (nSPS) is 11.5. The summed E-state index contributed by atoms with van der Waals surface area (Å²) in [6.45, 7) is 0. The molecule has 0 N–H and O–H groups in total. The number of methoxy groups -OCH3 is 1. The van der Waals surface area contributed by atoms with Gasteiger partial charge >= 0.3 is 6.18 Å². The Labute approximate surface area is 94.8 Å². The van der Waals surface area contributed by atoms with E-state index in [0.29, 0.717) is 11.3 Å². The van der Waals surface area contributed by atoms with Crippen LogP contribution in [0.2, 0.25) is 0 Å². The van der Waals surface area contributed by atoms with E-state index in [0.717, 1.165) is 12.1 Å². The lowest BCUT2D eigenvalue weighted by Gasteiger charge is -2.05. The zero-order valence-corrected chi connectivity index (χ0v) is 8.78. The Balaban J connectivity index is 2.29. The fourth-order valence-corrected chi connectivity index (χ4v) is 1.31. The van der Waals surface area contributed by atoms with Crippen LogP contribution in [-0.4, -0.2) is 12.3 Å². The van der Waals surface area contributed by atoms with Crippen molar-refractivity contribution >= 4 is 0 Å². The maximum atomic E-state index is 12.3. The Morgan fingerprint density at radius 1 is 1.18 bits per heavy atom. The molecule has 6 heteroatoms. The highest BCUT2D eigenvalue weighted by Crippen LogP contribution is 2.31.